The van der Waals surface area contributed by atoms with Gasteiger partial charge in [-0.3, -0.25) is 9.59 Å². The molecule has 2 aromatic heterocycles. The topological polar surface area (TPSA) is 110 Å². The summed E-state index contributed by atoms with van der Waals surface area (Å²) < 4.78 is 10.3. The van der Waals surface area contributed by atoms with Crippen molar-refractivity contribution in [2.24, 2.45) is 0 Å². The van der Waals surface area contributed by atoms with Gasteiger partial charge in [0.15, 0.2) is 5.76 Å². The van der Waals surface area contributed by atoms with E-state index in [1.165, 1.54) is 6.26 Å². The fourth-order valence-corrected chi connectivity index (χ4v) is 2.42. The van der Waals surface area contributed by atoms with Crippen molar-refractivity contribution in [1.82, 2.24) is 15.5 Å². The molecule has 0 aliphatic carbocycles. The Morgan fingerprint density at radius 3 is 2.50 bits per heavy atom. The number of aromatic nitrogens is 2. The minimum atomic E-state index is -0.310. The van der Waals surface area contributed by atoms with Gasteiger partial charge in [-0.05, 0) is 57.2 Å². The van der Waals surface area contributed by atoms with E-state index >= 15 is 0 Å². The number of amides is 2. The third kappa shape index (κ3) is 5.29. The van der Waals surface area contributed by atoms with Crippen molar-refractivity contribution in [3.05, 3.63) is 54.1 Å². The summed E-state index contributed by atoms with van der Waals surface area (Å²) in [4.78, 5) is 28.4. The molecule has 2 N–H and O–H groups in total. The molecule has 0 aliphatic rings. The van der Waals surface area contributed by atoms with Crippen LogP contribution in [0.1, 0.15) is 43.4 Å². The summed E-state index contributed by atoms with van der Waals surface area (Å²) in [6.07, 6.45) is 2.02. The molecule has 2 heterocycles. The Morgan fingerprint density at radius 2 is 1.86 bits per heavy atom. The average molecular weight is 382 g/mol. The van der Waals surface area contributed by atoms with E-state index in [0.29, 0.717) is 35.1 Å². The summed E-state index contributed by atoms with van der Waals surface area (Å²) in [5, 5.41) is 9.49. The molecule has 0 atom stereocenters. The van der Waals surface area contributed by atoms with Gasteiger partial charge < -0.3 is 19.6 Å². The number of carbonyl (C=O) groups is 2. The second kappa shape index (κ2) is 8.08. The first-order chi connectivity index (χ1) is 13.3. The molecule has 0 radical (unpaired) electrons. The van der Waals surface area contributed by atoms with Gasteiger partial charge in [0, 0.05) is 29.6 Å². The molecule has 3 rings (SSSR count). The van der Waals surface area contributed by atoms with Gasteiger partial charge in [-0.1, -0.05) is 5.16 Å². The Labute approximate surface area is 162 Å². The molecule has 0 saturated heterocycles. The maximum atomic E-state index is 12.1. The van der Waals surface area contributed by atoms with Crippen LogP contribution in [0.2, 0.25) is 0 Å². The Balaban J connectivity index is 1.50. The minimum Gasteiger partial charge on any atom is -0.461 e. The molecule has 0 bridgehead atoms. The van der Waals surface area contributed by atoms with Crippen LogP contribution in [-0.2, 0) is 11.2 Å². The zero-order valence-electron chi connectivity index (χ0n) is 16.0. The first-order valence-corrected chi connectivity index (χ1v) is 8.89. The number of anilines is 1. The van der Waals surface area contributed by atoms with Gasteiger partial charge in [-0.2, -0.15) is 4.98 Å². The molecular weight excluding hydrogens is 360 g/mol. The molecule has 0 saturated carbocycles. The lowest BCUT2D eigenvalue weighted by atomic mass is 10.1. The van der Waals surface area contributed by atoms with Crippen molar-refractivity contribution in [1.29, 1.82) is 0 Å². The normalized spacial score (nSPS) is 11.2. The van der Waals surface area contributed by atoms with E-state index in [1.54, 1.807) is 36.4 Å². The van der Waals surface area contributed by atoms with Gasteiger partial charge in [0.25, 0.3) is 5.91 Å². The third-order valence-corrected chi connectivity index (χ3v) is 3.69. The molecule has 0 spiro atoms. The number of nitrogens with zero attached hydrogens (tertiary/aromatic N) is 2. The smallest absolute Gasteiger partial charge is 0.251 e. The quantitative estimate of drug-likeness (QED) is 0.676. The highest BCUT2D eigenvalue weighted by Gasteiger charge is 2.15. The van der Waals surface area contributed by atoms with Crippen molar-refractivity contribution >= 4 is 17.5 Å². The van der Waals surface area contributed by atoms with Crippen LogP contribution in [0.4, 0.5) is 5.69 Å². The van der Waals surface area contributed by atoms with E-state index in [1.807, 2.05) is 20.8 Å². The fourth-order valence-electron chi connectivity index (χ4n) is 2.42. The van der Waals surface area contributed by atoms with E-state index in [-0.39, 0.29) is 23.8 Å². The second-order valence-electron chi connectivity index (χ2n) is 7.32. The van der Waals surface area contributed by atoms with Gasteiger partial charge in [0.2, 0.25) is 17.6 Å². The van der Waals surface area contributed by atoms with Crippen molar-refractivity contribution < 1.29 is 18.5 Å². The highest BCUT2D eigenvalue weighted by atomic mass is 16.5. The standard InChI is InChI=1S/C20H22N4O4/c1-20(2,3)23-19(26)13-6-8-14(9-7-13)21-16(25)10-11-17-22-18(24-28-17)15-5-4-12-27-15/h4-9,12H,10-11H2,1-3H3,(H,21,25)(H,23,26). The monoisotopic (exact) mass is 382 g/mol. The summed E-state index contributed by atoms with van der Waals surface area (Å²) in [5.74, 6) is 0.870. The Morgan fingerprint density at radius 1 is 1.11 bits per heavy atom. The predicted molar refractivity (Wildman–Crippen MR) is 103 cm³/mol. The van der Waals surface area contributed by atoms with E-state index in [2.05, 4.69) is 20.8 Å². The van der Waals surface area contributed by atoms with Crippen LogP contribution < -0.4 is 10.6 Å². The molecule has 8 heteroatoms. The van der Waals surface area contributed by atoms with Gasteiger partial charge in [0.1, 0.15) is 0 Å². The molecule has 3 aromatic rings. The second-order valence-corrected chi connectivity index (χ2v) is 7.32. The Kier molecular flexibility index (Phi) is 5.58. The number of benzene rings is 1. The summed E-state index contributed by atoms with van der Waals surface area (Å²) in [5.41, 5.74) is 0.832. The third-order valence-electron chi connectivity index (χ3n) is 3.69. The summed E-state index contributed by atoms with van der Waals surface area (Å²) >= 11 is 0. The first-order valence-electron chi connectivity index (χ1n) is 8.89. The van der Waals surface area contributed by atoms with Crippen LogP contribution >= 0.6 is 0 Å². The van der Waals surface area contributed by atoms with Crippen LogP contribution in [0.15, 0.2) is 51.6 Å². The van der Waals surface area contributed by atoms with Crippen molar-refractivity contribution in [2.45, 2.75) is 39.2 Å². The van der Waals surface area contributed by atoms with Gasteiger partial charge >= 0.3 is 0 Å². The van der Waals surface area contributed by atoms with Gasteiger partial charge in [-0.15, -0.1) is 0 Å². The number of hydrogen-bond acceptors (Lipinski definition) is 6. The van der Waals surface area contributed by atoms with Crippen LogP contribution in [-0.4, -0.2) is 27.5 Å². The van der Waals surface area contributed by atoms with E-state index < -0.39 is 0 Å². The number of carbonyl (C=O) groups excluding carboxylic acids is 2. The number of aryl methyl sites for hydroxylation is 1. The Hall–Kier alpha value is -3.42. The summed E-state index contributed by atoms with van der Waals surface area (Å²) in [6, 6.07) is 10.2. The molecule has 28 heavy (non-hydrogen) atoms. The largest absolute Gasteiger partial charge is 0.461 e. The minimum absolute atomic E-state index is 0.158. The average Bonchev–Trinajstić information content (AvgIpc) is 3.30. The SMILES string of the molecule is CC(C)(C)NC(=O)c1ccc(NC(=O)CCc2nc(-c3ccco3)no2)cc1. The van der Waals surface area contributed by atoms with Gasteiger partial charge in [0.05, 0.1) is 6.26 Å². The Bertz CT molecular complexity index is 938. The van der Waals surface area contributed by atoms with Crippen molar-refractivity contribution in [2.75, 3.05) is 5.32 Å². The lowest BCUT2D eigenvalue weighted by molar-refractivity contribution is -0.116. The predicted octanol–water partition coefficient (Wildman–Crippen LogP) is 3.43. The summed E-state index contributed by atoms with van der Waals surface area (Å²) in [6.45, 7) is 5.75. The first kappa shape index (κ1) is 19.3. The number of rotatable bonds is 6. The van der Waals surface area contributed by atoms with Crippen molar-refractivity contribution in [3.63, 3.8) is 0 Å². The van der Waals surface area contributed by atoms with E-state index in [4.69, 9.17) is 8.94 Å². The molecule has 2 amide bonds. The van der Waals surface area contributed by atoms with Crippen LogP contribution in [0, 0.1) is 0 Å². The highest BCUT2D eigenvalue weighted by Crippen LogP contribution is 2.16. The molecule has 146 valence electrons. The van der Waals surface area contributed by atoms with Gasteiger partial charge in [-0.25, -0.2) is 0 Å². The lowest BCUT2D eigenvalue weighted by Crippen LogP contribution is -2.40. The van der Waals surface area contributed by atoms with E-state index in [9.17, 15) is 9.59 Å². The molecule has 0 fully saturated rings. The molecule has 0 aliphatic heterocycles. The summed E-state index contributed by atoms with van der Waals surface area (Å²) in [7, 11) is 0. The molecule has 1 aromatic carbocycles. The van der Waals surface area contributed by atoms with Crippen LogP contribution in [0.25, 0.3) is 11.6 Å². The maximum Gasteiger partial charge on any atom is 0.251 e. The fraction of sp³-hybridized carbons (Fsp3) is 0.300. The zero-order valence-corrected chi connectivity index (χ0v) is 16.0. The molecule has 8 nitrogen and oxygen atoms in total. The highest BCUT2D eigenvalue weighted by molar-refractivity contribution is 5.96. The number of nitrogens with one attached hydrogen (secondary N) is 2. The van der Waals surface area contributed by atoms with Crippen LogP contribution in [0.3, 0.4) is 0 Å². The maximum absolute atomic E-state index is 12.1. The molecular formula is C20H22N4O4. The lowest BCUT2D eigenvalue weighted by Gasteiger charge is -2.20. The molecule has 0 unspecified atom stereocenters. The van der Waals surface area contributed by atoms with Crippen LogP contribution in [0.5, 0.6) is 0 Å². The number of furan rings is 1. The zero-order chi connectivity index (χ0) is 20.1. The van der Waals surface area contributed by atoms with E-state index in [0.717, 1.165) is 0 Å². The number of hydrogen-bond donors (Lipinski definition) is 2. The van der Waals surface area contributed by atoms with Crippen molar-refractivity contribution in [3.8, 4) is 11.6 Å².